The average molecular weight is 186 g/mol. The van der Waals surface area contributed by atoms with Gasteiger partial charge in [-0.2, -0.15) is 0 Å². The molecule has 0 N–H and O–H groups in total. The minimum atomic E-state index is -0.354. The molecule has 0 amide bonds. The number of aryl methyl sites for hydroxylation is 2. The predicted molar refractivity (Wildman–Crippen MR) is 57.5 cm³/mol. The lowest BCUT2D eigenvalue weighted by molar-refractivity contribution is 0.167. The quantitative estimate of drug-likeness (QED) is 0.566. The van der Waals surface area contributed by atoms with E-state index in [4.69, 9.17) is 4.74 Å². The molecular formula is C13H14O. The maximum atomic E-state index is 5.83. The highest BCUT2D eigenvalue weighted by molar-refractivity contribution is 5.55. The van der Waals surface area contributed by atoms with E-state index in [9.17, 15) is 0 Å². The fourth-order valence-electron chi connectivity index (χ4n) is 1.68. The van der Waals surface area contributed by atoms with Gasteiger partial charge in [0, 0.05) is 0 Å². The van der Waals surface area contributed by atoms with Crippen LogP contribution in [0, 0.1) is 25.7 Å². The molecule has 14 heavy (non-hydrogen) atoms. The Labute approximate surface area is 85.1 Å². The molecule has 0 fully saturated rings. The van der Waals surface area contributed by atoms with E-state index in [0.29, 0.717) is 0 Å². The summed E-state index contributed by atoms with van der Waals surface area (Å²) in [7, 11) is 0. The summed E-state index contributed by atoms with van der Waals surface area (Å²) in [5.41, 5.74) is 3.07. The fraction of sp³-hybridized carbons (Fsp3) is 0.385. The van der Waals surface area contributed by atoms with Crippen molar-refractivity contribution >= 4 is 0 Å². The Kier molecular flexibility index (Phi) is 1.82. The summed E-state index contributed by atoms with van der Waals surface area (Å²) in [6, 6.07) is 4.20. The highest BCUT2D eigenvalue weighted by Gasteiger charge is 2.22. The van der Waals surface area contributed by atoms with Gasteiger partial charge in [0.25, 0.3) is 0 Å². The van der Waals surface area contributed by atoms with Crippen molar-refractivity contribution in [2.45, 2.75) is 33.3 Å². The van der Waals surface area contributed by atoms with Crippen LogP contribution in [0.1, 0.15) is 30.5 Å². The van der Waals surface area contributed by atoms with Crippen molar-refractivity contribution in [1.82, 2.24) is 0 Å². The zero-order valence-corrected chi connectivity index (χ0v) is 9.06. The van der Waals surface area contributed by atoms with Crippen molar-refractivity contribution in [3.8, 4) is 17.6 Å². The summed E-state index contributed by atoms with van der Waals surface area (Å²) in [5, 5.41) is 0. The average Bonchev–Trinajstić information content (AvgIpc) is 2.06. The number of rotatable bonds is 0. The number of ether oxygens (including phenoxy) is 1. The zero-order valence-electron chi connectivity index (χ0n) is 9.06. The summed E-state index contributed by atoms with van der Waals surface area (Å²) in [6.07, 6.45) is 0. The molecule has 1 heterocycles. The smallest absolute Gasteiger partial charge is 0.164 e. The van der Waals surface area contributed by atoms with E-state index >= 15 is 0 Å². The standard InChI is InChI=1S/C13H14O/c1-9-7-10(2)12-11(8-9)5-6-13(3,4)14-12/h7-8H,1-4H3. The van der Waals surface area contributed by atoms with Crippen LogP contribution in [0.2, 0.25) is 0 Å². The zero-order chi connectivity index (χ0) is 10.3. The van der Waals surface area contributed by atoms with Gasteiger partial charge in [-0.15, -0.1) is 0 Å². The summed E-state index contributed by atoms with van der Waals surface area (Å²) in [4.78, 5) is 0. The van der Waals surface area contributed by atoms with Gasteiger partial charge in [0.1, 0.15) is 5.75 Å². The molecule has 2 rings (SSSR count). The van der Waals surface area contributed by atoms with Crippen LogP contribution in [-0.2, 0) is 0 Å². The summed E-state index contributed by atoms with van der Waals surface area (Å²) in [5.74, 6) is 7.20. The highest BCUT2D eigenvalue weighted by Crippen LogP contribution is 2.30. The van der Waals surface area contributed by atoms with E-state index in [1.807, 2.05) is 13.8 Å². The Morgan fingerprint density at radius 2 is 1.93 bits per heavy atom. The van der Waals surface area contributed by atoms with Crippen molar-refractivity contribution in [2.24, 2.45) is 0 Å². The molecule has 0 aromatic heterocycles. The van der Waals surface area contributed by atoms with Gasteiger partial charge in [-0.25, -0.2) is 0 Å². The monoisotopic (exact) mass is 186 g/mol. The molecular weight excluding hydrogens is 172 g/mol. The Balaban J connectivity index is 2.61. The molecule has 0 atom stereocenters. The second-order valence-electron chi connectivity index (χ2n) is 4.32. The molecule has 0 spiro atoms. The summed E-state index contributed by atoms with van der Waals surface area (Å²) >= 11 is 0. The van der Waals surface area contributed by atoms with Crippen LogP contribution in [0.3, 0.4) is 0 Å². The van der Waals surface area contributed by atoms with Gasteiger partial charge in [-0.05, 0) is 44.9 Å². The van der Waals surface area contributed by atoms with Crippen LogP contribution in [0.5, 0.6) is 5.75 Å². The molecule has 0 radical (unpaired) electrons. The Bertz CT molecular complexity index is 444. The van der Waals surface area contributed by atoms with Crippen molar-refractivity contribution in [2.75, 3.05) is 0 Å². The largest absolute Gasteiger partial charge is 0.474 e. The van der Waals surface area contributed by atoms with Gasteiger partial charge in [0.05, 0.1) is 5.56 Å². The van der Waals surface area contributed by atoms with E-state index in [2.05, 4.69) is 37.8 Å². The number of hydrogen-bond donors (Lipinski definition) is 0. The minimum Gasteiger partial charge on any atom is -0.474 e. The molecule has 1 aromatic carbocycles. The third kappa shape index (κ3) is 1.48. The van der Waals surface area contributed by atoms with Gasteiger partial charge < -0.3 is 4.74 Å². The van der Waals surface area contributed by atoms with E-state index in [1.165, 1.54) is 11.1 Å². The van der Waals surface area contributed by atoms with Gasteiger partial charge in [-0.3, -0.25) is 0 Å². The molecule has 0 saturated heterocycles. The van der Waals surface area contributed by atoms with E-state index < -0.39 is 0 Å². The van der Waals surface area contributed by atoms with Gasteiger partial charge in [-0.1, -0.05) is 17.9 Å². The van der Waals surface area contributed by atoms with E-state index in [1.54, 1.807) is 0 Å². The first kappa shape index (κ1) is 9.15. The second kappa shape index (κ2) is 2.78. The van der Waals surface area contributed by atoms with Crippen molar-refractivity contribution in [3.63, 3.8) is 0 Å². The molecule has 1 aromatic rings. The summed E-state index contributed by atoms with van der Waals surface area (Å²) in [6.45, 7) is 8.12. The number of fused-ring (bicyclic) bond motifs is 1. The SMILES string of the molecule is Cc1cc(C)c2c(c1)C#CC(C)(C)O2. The van der Waals surface area contributed by atoms with Crippen LogP contribution in [0.15, 0.2) is 12.1 Å². The Morgan fingerprint density at radius 3 is 2.64 bits per heavy atom. The van der Waals surface area contributed by atoms with Crippen LogP contribution >= 0.6 is 0 Å². The highest BCUT2D eigenvalue weighted by atomic mass is 16.5. The molecule has 0 aliphatic carbocycles. The van der Waals surface area contributed by atoms with E-state index in [0.717, 1.165) is 11.3 Å². The van der Waals surface area contributed by atoms with Crippen molar-refractivity contribution in [3.05, 3.63) is 28.8 Å². The molecule has 72 valence electrons. The van der Waals surface area contributed by atoms with Crippen LogP contribution in [-0.4, -0.2) is 5.60 Å². The minimum absolute atomic E-state index is 0.354. The normalized spacial score (nSPS) is 16.3. The first-order valence-electron chi connectivity index (χ1n) is 4.81. The van der Waals surface area contributed by atoms with Gasteiger partial charge in [0.2, 0.25) is 0 Å². The lowest BCUT2D eigenvalue weighted by Crippen LogP contribution is -2.28. The molecule has 1 nitrogen and oxygen atoms in total. The molecule has 1 aliphatic heterocycles. The van der Waals surface area contributed by atoms with E-state index in [-0.39, 0.29) is 5.60 Å². The molecule has 1 aliphatic rings. The second-order valence-corrected chi connectivity index (χ2v) is 4.32. The molecule has 1 heteroatoms. The lowest BCUT2D eigenvalue weighted by Gasteiger charge is -2.26. The first-order valence-corrected chi connectivity index (χ1v) is 4.81. The fourth-order valence-corrected chi connectivity index (χ4v) is 1.68. The number of hydrogen-bond acceptors (Lipinski definition) is 1. The lowest BCUT2D eigenvalue weighted by atomic mass is 10.0. The number of benzene rings is 1. The van der Waals surface area contributed by atoms with Crippen molar-refractivity contribution < 1.29 is 4.74 Å². The van der Waals surface area contributed by atoms with Gasteiger partial charge in [0.15, 0.2) is 5.60 Å². The van der Waals surface area contributed by atoms with Crippen LogP contribution in [0.4, 0.5) is 0 Å². The maximum absolute atomic E-state index is 5.83. The third-order valence-electron chi connectivity index (χ3n) is 2.27. The van der Waals surface area contributed by atoms with Crippen LogP contribution in [0.25, 0.3) is 0 Å². The van der Waals surface area contributed by atoms with Crippen LogP contribution < -0.4 is 4.74 Å². The Morgan fingerprint density at radius 1 is 1.21 bits per heavy atom. The molecule has 0 unspecified atom stereocenters. The molecule has 0 bridgehead atoms. The summed E-state index contributed by atoms with van der Waals surface area (Å²) < 4.78 is 5.83. The molecule has 0 saturated carbocycles. The Hall–Kier alpha value is -1.42. The third-order valence-corrected chi connectivity index (χ3v) is 2.27. The van der Waals surface area contributed by atoms with Gasteiger partial charge >= 0.3 is 0 Å². The first-order chi connectivity index (χ1) is 6.48. The van der Waals surface area contributed by atoms with Crippen molar-refractivity contribution in [1.29, 1.82) is 0 Å². The predicted octanol–water partition coefficient (Wildman–Crippen LogP) is 2.83. The topological polar surface area (TPSA) is 9.23 Å². The maximum Gasteiger partial charge on any atom is 0.164 e.